The molecule has 0 radical (unpaired) electrons. The van der Waals surface area contributed by atoms with Gasteiger partial charge in [-0.2, -0.15) is 0 Å². The van der Waals surface area contributed by atoms with Gasteiger partial charge in [-0.3, -0.25) is 0 Å². The van der Waals surface area contributed by atoms with Crippen molar-refractivity contribution in [1.29, 1.82) is 0 Å². The van der Waals surface area contributed by atoms with Crippen molar-refractivity contribution in [2.45, 2.75) is 12.8 Å². The van der Waals surface area contributed by atoms with Crippen molar-refractivity contribution in [2.24, 2.45) is 10.7 Å². The smallest absolute Gasteiger partial charge is 0.198 e. The molecule has 0 aromatic heterocycles. The molecule has 4 heteroatoms. The number of aliphatic imine (C=N–C) groups is 1. The van der Waals surface area contributed by atoms with Crippen LogP contribution in [-0.4, -0.2) is 13.1 Å². The lowest BCUT2D eigenvalue weighted by atomic mass is 10.0. The van der Waals surface area contributed by atoms with E-state index >= 15 is 0 Å². The number of fused-ring (bicyclic) bond motifs is 1. The van der Waals surface area contributed by atoms with Crippen molar-refractivity contribution in [1.82, 2.24) is 0 Å². The van der Waals surface area contributed by atoms with Gasteiger partial charge in [0.25, 0.3) is 0 Å². The Hall–Kier alpha value is -3.53. The first kappa shape index (κ1) is 16.6. The Bertz CT molecular complexity index is 1230. The summed E-state index contributed by atoms with van der Waals surface area (Å²) < 4.78 is 5.52. The number of nitrogens with two attached hydrogens (primary N) is 1. The van der Waals surface area contributed by atoms with Gasteiger partial charge in [-0.25, -0.2) is 4.99 Å². The first-order valence-corrected chi connectivity index (χ1v) is 9.45. The van der Waals surface area contributed by atoms with E-state index in [9.17, 15) is 0 Å². The summed E-state index contributed by atoms with van der Waals surface area (Å²) in [4.78, 5) is 4.68. The van der Waals surface area contributed by atoms with Crippen LogP contribution in [0, 0.1) is 0 Å². The molecule has 0 saturated carbocycles. The summed E-state index contributed by atoms with van der Waals surface area (Å²) >= 11 is 0. The summed E-state index contributed by atoms with van der Waals surface area (Å²) in [6, 6.07) is 22.8. The molecule has 0 heterocycles. The van der Waals surface area contributed by atoms with Crippen molar-refractivity contribution in [3.63, 3.8) is 0 Å². The Morgan fingerprint density at radius 2 is 1.68 bits per heavy atom. The molecule has 0 saturated heterocycles. The predicted octanol–water partition coefficient (Wildman–Crippen LogP) is 5.16. The number of anilines is 1. The summed E-state index contributed by atoms with van der Waals surface area (Å²) in [6.07, 6.45) is 2.21. The molecule has 0 amide bonds. The number of rotatable bonds is 3. The lowest BCUT2D eigenvalue weighted by Gasteiger charge is -2.13. The molecule has 1 aliphatic rings. The normalized spacial score (nSPS) is 13.2. The number of ether oxygens (including phenoxy) is 1. The van der Waals surface area contributed by atoms with Crippen molar-refractivity contribution in [3.05, 3.63) is 77.9 Å². The first-order valence-electron chi connectivity index (χ1n) is 9.45. The Kier molecular flexibility index (Phi) is 3.90. The van der Waals surface area contributed by atoms with Gasteiger partial charge in [0.1, 0.15) is 11.4 Å². The molecule has 0 aliphatic heterocycles. The Labute approximate surface area is 163 Å². The van der Waals surface area contributed by atoms with E-state index in [2.05, 4.69) is 46.7 Å². The number of guanidine groups is 1. The Morgan fingerprint density at radius 1 is 0.893 bits per heavy atom. The second-order valence-electron chi connectivity index (χ2n) is 7.07. The van der Waals surface area contributed by atoms with E-state index in [0.29, 0.717) is 11.7 Å². The molecule has 138 valence electrons. The maximum atomic E-state index is 6.32. The highest BCUT2D eigenvalue weighted by Gasteiger charge is 2.16. The van der Waals surface area contributed by atoms with Gasteiger partial charge in [0, 0.05) is 16.5 Å². The number of aryl methyl sites for hydroxylation is 2. The molecular weight excluding hydrogens is 346 g/mol. The molecule has 4 aromatic rings. The molecule has 0 unspecified atom stereocenters. The molecule has 4 nitrogen and oxygen atoms in total. The second kappa shape index (κ2) is 6.57. The molecular formula is C24H21N3O. The third kappa shape index (κ3) is 2.65. The lowest BCUT2D eigenvalue weighted by Crippen LogP contribution is -2.22. The molecule has 0 atom stereocenters. The molecule has 4 aromatic carbocycles. The minimum atomic E-state index is 0.341. The van der Waals surface area contributed by atoms with E-state index < -0.39 is 0 Å². The Morgan fingerprint density at radius 3 is 2.54 bits per heavy atom. The van der Waals surface area contributed by atoms with E-state index in [0.717, 1.165) is 35.0 Å². The summed E-state index contributed by atoms with van der Waals surface area (Å²) in [5.74, 6) is 1.04. The average Bonchev–Trinajstić information content (AvgIpc) is 3.15. The fraction of sp³-hybridized carbons (Fsp3) is 0.125. The number of nitrogens with zero attached hydrogens (tertiary/aromatic N) is 1. The third-order valence-electron chi connectivity index (χ3n) is 5.46. The van der Waals surface area contributed by atoms with E-state index in [1.54, 1.807) is 7.11 Å². The highest BCUT2D eigenvalue weighted by molar-refractivity contribution is 6.07. The highest BCUT2D eigenvalue weighted by Crippen LogP contribution is 2.37. The van der Waals surface area contributed by atoms with Crippen LogP contribution in [0.3, 0.4) is 0 Å². The zero-order chi connectivity index (χ0) is 19.1. The zero-order valence-corrected chi connectivity index (χ0v) is 15.7. The van der Waals surface area contributed by atoms with Gasteiger partial charge in [0.2, 0.25) is 0 Å². The van der Waals surface area contributed by atoms with Crippen LogP contribution in [-0.2, 0) is 12.8 Å². The third-order valence-corrected chi connectivity index (χ3v) is 5.46. The standard InChI is InChI=1S/C24H21N3O/c1-28-21-14-12-15-5-2-3-7-18(15)23(21)27-24(25)26-20-13-11-17-10-9-16-6-4-8-19(20)22(16)17/h2-8,11-14H,9-10H2,1H3,(H3,25,26,27). The maximum Gasteiger partial charge on any atom is 0.198 e. The minimum absolute atomic E-state index is 0.341. The monoisotopic (exact) mass is 367 g/mol. The minimum Gasteiger partial charge on any atom is -0.494 e. The van der Waals surface area contributed by atoms with E-state index in [-0.39, 0.29) is 0 Å². The van der Waals surface area contributed by atoms with Crippen LogP contribution in [0.4, 0.5) is 11.4 Å². The number of benzene rings is 4. The summed E-state index contributed by atoms with van der Waals surface area (Å²) in [5.41, 5.74) is 10.8. The summed E-state index contributed by atoms with van der Waals surface area (Å²) in [7, 11) is 1.65. The summed E-state index contributed by atoms with van der Waals surface area (Å²) in [6.45, 7) is 0. The zero-order valence-electron chi connectivity index (χ0n) is 15.7. The van der Waals surface area contributed by atoms with Gasteiger partial charge in [-0.15, -0.1) is 0 Å². The highest BCUT2D eigenvalue weighted by atomic mass is 16.5. The molecule has 1 aliphatic carbocycles. The van der Waals surface area contributed by atoms with Crippen LogP contribution in [0.15, 0.2) is 71.7 Å². The maximum absolute atomic E-state index is 6.32. The van der Waals surface area contributed by atoms with Crippen molar-refractivity contribution < 1.29 is 4.74 Å². The SMILES string of the molecule is COc1ccc2ccccc2c1N=C(N)Nc1ccc2c3c(cccc13)CC2. The quantitative estimate of drug-likeness (QED) is 0.388. The number of hydrogen-bond acceptors (Lipinski definition) is 2. The van der Waals surface area contributed by atoms with Crippen LogP contribution in [0.1, 0.15) is 11.1 Å². The number of methoxy groups -OCH3 is 1. The molecule has 3 N–H and O–H groups in total. The molecule has 5 rings (SSSR count). The fourth-order valence-electron chi connectivity index (χ4n) is 4.16. The van der Waals surface area contributed by atoms with Crippen molar-refractivity contribution in [2.75, 3.05) is 12.4 Å². The fourth-order valence-corrected chi connectivity index (χ4v) is 4.16. The van der Waals surface area contributed by atoms with Crippen LogP contribution < -0.4 is 15.8 Å². The van der Waals surface area contributed by atoms with E-state index in [4.69, 9.17) is 10.5 Å². The topological polar surface area (TPSA) is 59.6 Å². The summed E-state index contributed by atoms with van der Waals surface area (Å²) in [5, 5.41) is 7.95. The second-order valence-corrected chi connectivity index (χ2v) is 7.07. The van der Waals surface area contributed by atoms with Gasteiger partial charge in [-0.05, 0) is 46.9 Å². The molecule has 0 spiro atoms. The first-order chi connectivity index (χ1) is 13.7. The number of nitrogens with one attached hydrogen (secondary N) is 1. The van der Waals surface area contributed by atoms with Crippen LogP contribution in [0.2, 0.25) is 0 Å². The van der Waals surface area contributed by atoms with Crippen LogP contribution >= 0.6 is 0 Å². The molecule has 0 bridgehead atoms. The van der Waals surface area contributed by atoms with E-state index in [1.165, 1.54) is 21.9 Å². The number of hydrogen-bond donors (Lipinski definition) is 2. The molecule has 28 heavy (non-hydrogen) atoms. The molecule has 0 fully saturated rings. The van der Waals surface area contributed by atoms with Crippen LogP contribution in [0.5, 0.6) is 5.75 Å². The predicted molar refractivity (Wildman–Crippen MR) is 117 cm³/mol. The average molecular weight is 367 g/mol. The largest absolute Gasteiger partial charge is 0.494 e. The van der Waals surface area contributed by atoms with Gasteiger partial charge in [0.05, 0.1) is 7.11 Å². The van der Waals surface area contributed by atoms with Gasteiger partial charge in [-0.1, -0.05) is 54.6 Å². The van der Waals surface area contributed by atoms with E-state index in [1.807, 2.05) is 30.3 Å². The van der Waals surface area contributed by atoms with Crippen molar-refractivity contribution >= 4 is 38.9 Å². The van der Waals surface area contributed by atoms with Gasteiger partial charge < -0.3 is 15.8 Å². The lowest BCUT2D eigenvalue weighted by molar-refractivity contribution is 0.417. The van der Waals surface area contributed by atoms with Gasteiger partial charge >= 0.3 is 0 Å². The van der Waals surface area contributed by atoms with Gasteiger partial charge in [0.15, 0.2) is 5.96 Å². The Balaban J connectivity index is 1.59. The van der Waals surface area contributed by atoms with Crippen LogP contribution in [0.25, 0.3) is 21.5 Å². The van der Waals surface area contributed by atoms with Crippen molar-refractivity contribution in [3.8, 4) is 5.75 Å².